The largest absolute Gasteiger partial charge is 0.419 e. The van der Waals surface area contributed by atoms with E-state index in [-0.39, 0.29) is 0 Å². The van der Waals surface area contributed by atoms with Crippen molar-refractivity contribution in [1.29, 1.82) is 0 Å². The minimum atomic E-state index is -0.719. The average molecular weight is 177 g/mol. The first kappa shape index (κ1) is 7.79. The van der Waals surface area contributed by atoms with Crippen molar-refractivity contribution < 1.29 is 4.42 Å². The molecular formula is C9H7NO3. The van der Waals surface area contributed by atoms with Crippen LogP contribution in [0.4, 0.5) is 0 Å². The molecule has 0 bridgehead atoms. The molecule has 0 radical (unpaired) electrons. The molecule has 2 rings (SSSR count). The van der Waals surface area contributed by atoms with E-state index in [1.807, 2.05) is 12.2 Å². The first-order chi connectivity index (χ1) is 6.27. The van der Waals surface area contributed by atoms with Crippen molar-refractivity contribution in [2.75, 3.05) is 0 Å². The topological polar surface area (TPSA) is 63.1 Å². The van der Waals surface area contributed by atoms with Crippen LogP contribution in [-0.4, -0.2) is 4.98 Å². The Kier molecular flexibility index (Phi) is 1.73. The van der Waals surface area contributed by atoms with E-state index in [4.69, 9.17) is 0 Å². The van der Waals surface area contributed by atoms with Crippen LogP contribution in [0, 0.1) is 0 Å². The van der Waals surface area contributed by atoms with Crippen LogP contribution in [0.3, 0.4) is 0 Å². The molecular weight excluding hydrogens is 170 g/mol. The third-order valence-electron chi connectivity index (χ3n) is 1.77. The van der Waals surface area contributed by atoms with Gasteiger partial charge in [-0.15, -0.1) is 0 Å². The van der Waals surface area contributed by atoms with Gasteiger partial charge in [-0.25, -0.2) is 9.59 Å². The second kappa shape index (κ2) is 2.90. The molecule has 1 N–H and O–H groups in total. The van der Waals surface area contributed by atoms with Crippen LogP contribution in [0.2, 0.25) is 0 Å². The predicted octanol–water partition coefficient (Wildman–Crippen LogP) is 0.758. The van der Waals surface area contributed by atoms with E-state index in [1.54, 1.807) is 12.2 Å². The Morgan fingerprint density at radius 2 is 2.00 bits per heavy atom. The van der Waals surface area contributed by atoms with Crippen LogP contribution >= 0.6 is 0 Å². The minimum absolute atomic E-state index is 0.397. The summed E-state index contributed by atoms with van der Waals surface area (Å²) in [7, 11) is 0. The normalized spacial score (nSPS) is 13.8. The number of nitrogens with one attached hydrogen (secondary N) is 1. The number of aromatic nitrogens is 1. The van der Waals surface area contributed by atoms with E-state index in [9.17, 15) is 9.59 Å². The molecule has 0 amide bonds. The van der Waals surface area contributed by atoms with Crippen molar-refractivity contribution in [3.63, 3.8) is 0 Å². The summed E-state index contributed by atoms with van der Waals surface area (Å²) in [6.07, 6.45) is 7.79. The Morgan fingerprint density at radius 1 is 1.23 bits per heavy atom. The van der Waals surface area contributed by atoms with Gasteiger partial charge in [0.15, 0.2) is 0 Å². The fourth-order valence-corrected chi connectivity index (χ4v) is 1.19. The Labute approximate surface area is 73.2 Å². The number of hydrogen-bond acceptors (Lipinski definition) is 3. The highest BCUT2D eigenvalue weighted by Gasteiger charge is 2.06. The molecule has 0 aliphatic heterocycles. The van der Waals surface area contributed by atoms with Gasteiger partial charge in [0.25, 0.3) is 0 Å². The number of rotatable bonds is 0. The lowest BCUT2D eigenvalue weighted by Gasteiger charge is -1.94. The molecule has 0 fully saturated rings. The highest BCUT2D eigenvalue weighted by atomic mass is 16.4. The van der Waals surface area contributed by atoms with Gasteiger partial charge in [0, 0.05) is 0 Å². The van der Waals surface area contributed by atoms with Crippen molar-refractivity contribution in [2.24, 2.45) is 0 Å². The SMILES string of the molecule is O=c1[nH]c2c(c(=O)o1)C=CCC=C2. The van der Waals surface area contributed by atoms with Crippen molar-refractivity contribution in [3.05, 3.63) is 44.4 Å². The van der Waals surface area contributed by atoms with Gasteiger partial charge in [-0.1, -0.05) is 12.2 Å². The number of hydrogen-bond donors (Lipinski definition) is 1. The number of aromatic amines is 1. The lowest BCUT2D eigenvalue weighted by molar-refractivity contribution is 0.447. The average Bonchev–Trinajstić information content (AvgIpc) is 2.28. The molecule has 4 nitrogen and oxygen atoms in total. The molecule has 0 saturated carbocycles. The summed E-state index contributed by atoms with van der Waals surface area (Å²) in [5, 5.41) is 0. The van der Waals surface area contributed by atoms with Crippen LogP contribution in [0.25, 0.3) is 12.2 Å². The van der Waals surface area contributed by atoms with Gasteiger partial charge in [0.1, 0.15) is 0 Å². The minimum Gasteiger partial charge on any atom is -0.372 e. The third-order valence-corrected chi connectivity index (χ3v) is 1.77. The summed E-state index contributed by atoms with van der Waals surface area (Å²) in [6.45, 7) is 0. The molecule has 13 heavy (non-hydrogen) atoms. The maximum absolute atomic E-state index is 11.2. The van der Waals surface area contributed by atoms with Crippen molar-refractivity contribution >= 4 is 12.2 Å². The second-order valence-corrected chi connectivity index (χ2v) is 2.67. The fraction of sp³-hybridized carbons (Fsp3) is 0.111. The number of fused-ring (bicyclic) bond motifs is 1. The molecule has 1 aromatic rings. The molecule has 1 aliphatic carbocycles. The number of allylic oxidation sites excluding steroid dienone is 2. The van der Waals surface area contributed by atoms with Crippen molar-refractivity contribution in [1.82, 2.24) is 4.98 Å². The van der Waals surface area contributed by atoms with Gasteiger partial charge in [-0.3, -0.25) is 4.98 Å². The molecule has 0 unspecified atom stereocenters. The first-order valence-corrected chi connectivity index (χ1v) is 3.88. The monoisotopic (exact) mass is 177 g/mol. The molecule has 1 aromatic heterocycles. The lowest BCUT2D eigenvalue weighted by Crippen LogP contribution is -2.18. The van der Waals surface area contributed by atoms with E-state index < -0.39 is 11.4 Å². The van der Waals surface area contributed by atoms with E-state index in [2.05, 4.69) is 9.40 Å². The molecule has 66 valence electrons. The molecule has 1 aliphatic rings. The van der Waals surface area contributed by atoms with Crippen LogP contribution in [0.5, 0.6) is 0 Å². The smallest absolute Gasteiger partial charge is 0.372 e. The molecule has 0 saturated heterocycles. The molecule has 0 spiro atoms. The lowest BCUT2D eigenvalue weighted by atomic mass is 10.2. The standard InChI is InChI=1S/C9H7NO3/c11-8-6-4-2-1-3-5-7(6)10-9(12)13-8/h2-5H,1H2,(H,10,12). The van der Waals surface area contributed by atoms with Gasteiger partial charge >= 0.3 is 11.4 Å². The number of H-pyrrole nitrogens is 1. The summed E-state index contributed by atoms with van der Waals surface area (Å²) in [5.74, 6) is -0.719. The Morgan fingerprint density at radius 3 is 2.85 bits per heavy atom. The van der Waals surface area contributed by atoms with E-state index in [1.165, 1.54) is 0 Å². The van der Waals surface area contributed by atoms with Gasteiger partial charge in [0.2, 0.25) is 0 Å². The molecule has 0 atom stereocenters. The Hall–Kier alpha value is -1.84. The van der Waals surface area contributed by atoms with Crippen molar-refractivity contribution in [3.8, 4) is 0 Å². The Bertz CT molecular complexity index is 490. The van der Waals surface area contributed by atoms with Gasteiger partial charge in [-0.2, -0.15) is 0 Å². The highest BCUT2D eigenvalue weighted by Crippen LogP contribution is 2.08. The van der Waals surface area contributed by atoms with Crippen LogP contribution in [0.1, 0.15) is 17.7 Å². The summed E-state index contributed by atoms with van der Waals surface area (Å²) >= 11 is 0. The third kappa shape index (κ3) is 1.38. The highest BCUT2D eigenvalue weighted by molar-refractivity contribution is 5.63. The maximum Gasteiger partial charge on any atom is 0.419 e. The van der Waals surface area contributed by atoms with Crippen LogP contribution < -0.4 is 11.4 Å². The maximum atomic E-state index is 11.2. The van der Waals surface area contributed by atoms with Gasteiger partial charge in [0.05, 0.1) is 11.3 Å². The van der Waals surface area contributed by atoms with E-state index in [0.717, 1.165) is 6.42 Å². The van der Waals surface area contributed by atoms with E-state index in [0.29, 0.717) is 11.3 Å². The zero-order valence-electron chi connectivity index (χ0n) is 6.74. The molecule has 1 heterocycles. The predicted molar refractivity (Wildman–Crippen MR) is 48.3 cm³/mol. The van der Waals surface area contributed by atoms with E-state index >= 15 is 0 Å². The summed E-state index contributed by atoms with van der Waals surface area (Å²) in [5.41, 5.74) is 0.310. The van der Waals surface area contributed by atoms with Crippen molar-refractivity contribution in [2.45, 2.75) is 6.42 Å². The molecule has 0 aromatic carbocycles. The van der Waals surface area contributed by atoms with Gasteiger partial charge < -0.3 is 4.42 Å². The quantitative estimate of drug-likeness (QED) is 0.636. The summed E-state index contributed by atoms with van der Waals surface area (Å²) < 4.78 is 4.38. The van der Waals surface area contributed by atoms with Crippen LogP contribution in [-0.2, 0) is 0 Å². The zero-order valence-corrected chi connectivity index (χ0v) is 6.74. The first-order valence-electron chi connectivity index (χ1n) is 3.88. The second-order valence-electron chi connectivity index (χ2n) is 2.67. The van der Waals surface area contributed by atoms with Gasteiger partial charge in [-0.05, 0) is 18.6 Å². The fourth-order valence-electron chi connectivity index (χ4n) is 1.19. The van der Waals surface area contributed by atoms with Crippen LogP contribution in [0.15, 0.2) is 26.2 Å². The Balaban J connectivity index is 2.82. The summed E-state index contributed by atoms with van der Waals surface area (Å²) in [6, 6.07) is 0. The zero-order chi connectivity index (χ0) is 9.26. The summed E-state index contributed by atoms with van der Waals surface area (Å²) in [4.78, 5) is 24.4. The molecule has 4 heteroatoms.